The van der Waals surface area contributed by atoms with Crippen molar-refractivity contribution in [1.82, 2.24) is 16.1 Å². The maximum Gasteiger partial charge on any atom is 0.325 e. The third-order valence-corrected chi connectivity index (χ3v) is 1.76. The fourth-order valence-electron chi connectivity index (χ4n) is 0.908. The lowest BCUT2D eigenvalue weighted by molar-refractivity contribution is -0.138. The molecule has 0 spiro atoms. The normalized spacial score (nSPS) is 21.7. The van der Waals surface area contributed by atoms with Crippen LogP contribution in [0.4, 0.5) is 4.79 Å². The SMILES string of the molecule is C[C@H](NC(=O)NC1CONC1=O)C(=O)O. The molecule has 84 valence electrons. The van der Waals surface area contributed by atoms with E-state index in [1.807, 2.05) is 0 Å². The number of hydrogen-bond acceptors (Lipinski definition) is 4. The van der Waals surface area contributed by atoms with Crippen LogP contribution in [0.5, 0.6) is 0 Å². The van der Waals surface area contributed by atoms with Gasteiger partial charge in [0.15, 0.2) is 0 Å². The van der Waals surface area contributed by atoms with Gasteiger partial charge in [-0.2, -0.15) is 0 Å². The molecule has 0 aromatic carbocycles. The maximum absolute atomic E-state index is 11.1. The van der Waals surface area contributed by atoms with E-state index in [0.717, 1.165) is 0 Å². The Kier molecular flexibility index (Phi) is 3.45. The van der Waals surface area contributed by atoms with Gasteiger partial charge in [-0.1, -0.05) is 0 Å². The van der Waals surface area contributed by atoms with Gasteiger partial charge in [0.1, 0.15) is 18.7 Å². The summed E-state index contributed by atoms with van der Waals surface area (Å²) >= 11 is 0. The van der Waals surface area contributed by atoms with Crippen LogP contribution in [0, 0.1) is 0 Å². The second-order valence-corrected chi connectivity index (χ2v) is 3.01. The van der Waals surface area contributed by atoms with Crippen LogP contribution in [0.15, 0.2) is 0 Å². The average molecular weight is 217 g/mol. The van der Waals surface area contributed by atoms with Gasteiger partial charge < -0.3 is 15.7 Å². The summed E-state index contributed by atoms with van der Waals surface area (Å²) in [6, 6.07) is -2.53. The van der Waals surface area contributed by atoms with Gasteiger partial charge in [-0.15, -0.1) is 0 Å². The molecule has 8 nitrogen and oxygen atoms in total. The van der Waals surface area contributed by atoms with Gasteiger partial charge in [-0.3, -0.25) is 14.4 Å². The van der Waals surface area contributed by atoms with Gasteiger partial charge in [0.25, 0.3) is 5.91 Å². The van der Waals surface area contributed by atoms with Crippen LogP contribution in [0.1, 0.15) is 6.92 Å². The van der Waals surface area contributed by atoms with Crippen molar-refractivity contribution in [3.8, 4) is 0 Å². The van der Waals surface area contributed by atoms with E-state index in [1.165, 1.54) is 6.92 Å². The summed E-state index contributed by atoms with van der Waals surface area (Å²) in [6.45, 7) is 1.33. The average Bonchev–Trinajstić information content (AvgIpc) is 2.51. The third-order valence-electron chi connectivity index (χ3n) is 1.76. The molecule has 0 saturated carbocycles. The standard InChI is InChI=1S/C7H11N3O5/c1-3(6(12)13)8-7(14)9-4-2-15-10-5(4)11/h3-4H,2H2,1H3,(H,10,11)(H,12,13)(H2,8,9,14)/t3-,4?/m0/s1. The van der Waals surface area contributed by atoms with Crippen LogP contribution in [0.2, 0.25) is 0 Å². The first-order valence-corrected chi connectivity index (χ1v) is 4.22. The van der Waals surface area contributed by atoms with Crippen molar-refractivity contribution in [2.75, 3.05) is 6.61 Å². The quantitative estimate of drug-likeness (QED) is 0.444. The minimum Gasteiger partial charge on any atom is -0.480 e. The van der Waals surface area contributed by atoms with Gasteiger partial charge in [0, 0.05) is 0 Å². The molecule has 0 bridgehead atoms. The summed E-state index contributed by atoms with van der Waals surface area (Å²) in [6.07, 6.45) is 0. The molecule has 0 aromatic rings. The fraction of sp³-hybridized carbons (Fsp3) is 0.571. The zero-order valence-electron chi connectivity index (χ0n) is 7.94. The Labute approximate surface area is 84.9 Å². The number of carboxylic acids is 1. The van der Waals surface area contributed by atoms with Crippen LogP contribution < -0.4 is 16.1 Å². The molecule has 1 rings (SSSR count). The molecule has 3 amide bonds. The number of carbonyl (C=O) groups is 3. The highest BCUT2D eigenvalue weighted by atomic mass is 16.7. The second-order valence-electron chi connectivity index (χ2n) is 3.01. The lowest BCUT2D eigenvalue weighted by Crippen LogP contribution is -2.50. The number of nitrogens with one attached hydrogen (secondary N) is 3. The molecule has 1 unspecified atom stereocenters. The van der Waals surface area contributed by atoms with E-state index >= 15 is 0 Å². The van der Waals surface area contributed by atoms with Gasteiger partial charge in [0.2, 0.25) is 0 Å². The van der Waals surface area contributed by atoms with Crippen molar-refractivity contribution in [3.05, 3.63) is 0 Å². The van der Waals surface area contributed by atoms with E-state index in [1.54, 1.807) is 0 Å². The van der Waals surface area contributed by atoms with Gasteiger partial charge in [-0.25, -0.2) is 10.3 Å². The largest absolute Gasteiger partial charge is 0.480 e. The number of hydroxylamine groups is 1. The molecule has 4 N–H and O–H groups in total. The number of rotatable bonds is 3. The summed E-state index contributed by atoms with van der Waals surface area (Å²) in [4.78, 5) is 37.0. The molecule has 8 heteroatoms. The first kappa shape index (κ1) is 11.2. The first-order chi connectivity index (χ1) is 7.00. The molecule has 15 heavy (non-hydrogen) atoms. The van der Waals surface area contributed by atoms with Gasteiger partial charge >= 0.3 is 12.0 Å². The van der Waals surface area contributed by atoms with E-state index in [9.17, 15) is 14.4 Å². The second kappa shape index (κ2) is 4.60. The predicted octanol–water partition coefficient (Wildman–Crippen LogP) is -1.81. The van der Waals surface area contributed by atoms with Crippen molar-refractivity contribution in [3.63, 3.8) is 0 Å². The van der Waals surface area contributed by atoms with Crippen molar-refractivity contribution in [2.24, 2.45) is 0 Å². The Balaban J connectivity index is 2.35. The van der Waals surface area contributed by atoms with Crippen molar-refractivity contribution in [1.29, 1.82) is 0 Å². The molecule has 2 atom stereocenters. The van der Waals surface area contributed by atoms with E-state index in [0.29, 0.717) is 0 Å². The molecule has 0 aliphatic carbocycles. The van der Waals surface area contributed by atoms with Crippen LogP contribution >= 0.6 is 0 Å². The number of carbonyl (C=O) groups excluding carboxylic acids is 2. The van der Waals surface area contributed by atoms with Crippen LogP contribution in [0.25, 0.3) is 0 Å². The molecule has 1 aliphatic heterocycles. The van der Waals surface area contributed by atoms with Crippen LogP contribution in [-0.2, 0) is 14.4 Å². The van der Waals surface area contributed by atoms with Crippen LogP contribution in [0.3, 0.4) is 0 Å². The summed E-state index contributed by atoms with van der Waals surface area (Å²) in [5, 5.41) is 12.9. The predicted molar refractivity (Wildman–Crippen MR) is 46.6 cm³/mol. The van der Waals surface area contributed by atoms with E-state index in [2.05, 4.69) is 21.0 Å². The minimum atomic E-state index is -1.16. The molecular formula is C7H11N3O5. The molecule has 0 radical (unpaired) electrons. The first-order valence-electron chi connectivity index (χ1n) is 4.22. The zero-order chi connectivity index (χ0) is 11.4. The van der Waals surface area contributed by atoms with E-state index < -0.39 is 30.0 Å². The number of urea groups is 1. The Hall–Kier alpha value is -1.83. The molecule has 0 aromatic heterocycles. The molecule has 1 fully saturated rings. The van der Waals surface area contributed by atoms with Crippen molar-refractivity contribution >= 4 is 17.9 Å². The summed E-state index contributed by atoms with van der Waals surface area (Å²) in [7, 11) is 0. The fourth-order valence-corrected chi connectivity index (χ4v) is 0.908. The Morgan fingerprint density at radius 1 is 1.67 bits per heavy atom. The van der Waals surface area contributed by atoms with Crippen molar-refractivity contribution < 1.29 is 24.3 Å². The zero-order valence-corrected chi connectivity index (χ0v) is 7.94. The topological polar surface area (TPSA) is 117 Å². The lowest BCUT2D eigenvalue weighted by atomic mass is 10.3. The van der Waals surface area contributed by atoms with E-state index in [4.69, 9.17) is 5.11 Å². The van der Waals surface area contributed by atoms with Crippen LogP contribution in [-0.4, -0.2) is 41.7 Å². The number of aliphatic carboxylic acids is 1. The highest BCUT2D eigenvalue weighted by molar-refractivity contribution is 5.89. The molecule has 1 aliphatic rings. The Morgan fingerprint density at radius 3 is 2.80 bits per heavy atom. The lowest BCUT2D eigenvalue weighted by Gasteiger charge is -2.12. The molecule has 1 heterocycles. The molecular weight excluding hydrogens is 206 g/mol. The number of amides is 3. The Bertz CT molecular complexity index is 292. The van der Waals surface area contributed by atoms with Crippen molar-refractivity contribution in [2.45, 2.75) is 19.0 Å². The summed E-state index contributed by atoms with van der Waals surface area (Å²) < 4.78 is 0. The summed E-state index contributed by atoms with van der Waals surface area (Å²) in [5.74, 6) is -1.62. The molecule has 1 saturated heterocycles. The number of hydrogen-bond donors (Lipinski definition) is 4. The highest BCUT2D eigenvalue weighted by Crippen LogP contribution is 1.93. The third kappa shape index (κ3) is 3.09. The summed E-state index contributed by atoms with van der Waals surface area (Å²) in [5.41, 5.74) is 2.05. The van der Waals surface area contributed by atoms with E-state index in [-0.39, 0.29) is 6.61 Å². The smallest absolute Gasteiger partial charge is 0.325 e. The maximum atomic E-state index is 11.1. The highest BCUT2D eigenvalue weighted by Gasteiger charge is 2.27. The monoisotopic (exact) mass is 217 g/mol. The minimum absolute atomic E-state index is 0.0215. The number of carboxylic acid groups (broad SMARTS) is 1. The van der Waals surface area contributed by atoms with Gasteiger partial charge in [0.05, 0.1) is 0 Å². The Morgan fingerprint density at radius 2 is 2.33 bits per heavy atom. The van der Waals surface area contributed by atoms with Gasteiger partial charge in [-0.05, 0) is 6.92 Å².